The highest BCUT2D eigenvalue weighted by Crippen LogP contribution is 2.34. The number of carboxylic acid groups (broad SMARTS) is 1. The molecule has 1 aliphatic heterocycles. The number of halogens is 3. The van der Waals surface area contributed by atoms with Gasteiger partial charge in [0, 0.05) is 29.7 Å². The Morgan fingerprint density at radius 2 is 2.00 bits per heavy atom. The number of aromatic nitrogens is 3. The lowest BCUT2D eigenvalue weighted by atomic mass is 9.98. The highest BCUT2D eigenvalue weighted by atomic mass is 35.5. The van der Waals surface area contributed by atoms with Crippen molar-refractivity contribution in [2.24, 2.45) is 0 Å². The molecular formula is C28H26ClF2N5O4. The molecule has 0 unspecified atom stereocenters. The van der Waals surface area contributed by atoms with Crippen molar-refractivity contribution in [2.45, 2.75) is 39.5 Å². The third-order valence-electron chi connectivity index (χ3n) is 7.13. The molecule has 5 rings (SSSR count). The maximum atomic E-state index is 14.5. The van der Waals surface area contributed by atoms with Crippen molar-refractivity contribution in [3.05, 3.63) is 82.3 Å². The quantitative estimate of drug-likeness (QED) is 0.328. The summed E-state index contributed by atoms with van der Waals surface area (Å²) >= 11 is 6.49. The molecule has 0 saturated carbocycles. The Kier molecular flexibility index (Phi) is 7.33. The molecule has 2 atom stereocenters. The molecule has 40 heavy (non-hydrogen) atoms. The smallest absolute Gasteiger partial charge is 0.408 e. The average molecular weight is 570 g/mol. The molecule has 0 aliphatic carbocycles. The van der Waals surface area contributed by atoms with Gasteiger partial charge >= 0.3 is 6.09 Å². The SMILES string of the molecule is Cc1cc(-n2cc(F)cn2)c2cccc(OCc3c(Cl)cc(F)cc3[C@H](C)N3CCN(C(=O)O)[C@@H](C)C3=O)c2n1. The van der Waals surface area contributed by atoms with E-state index in [9.17, 15) is 23.5 Å². The summed E-state index contributed by atoms with van der Waals surface area (Å²) in [6.45, 7) is 5.29. The minimum atomic E-state index is -1.17. The summed E-state index contributed by atoms with van der Waals surface area (Å²) in [6.07, 6.45) is 1.22. The molecule has 1 aliphatic rings. The van der Waals surface area contributed by atoms with Crippen molar-refractivity contribution in [3.8, 4) is 11.4 Å². The first-order chi connectivity index (χ1) is 19.0. The molecule has 2 amide bonds. The summed E-state index contributed by atoms with van der Waals surface area (Å²) in [7, 11) is 0. The monoisotopic (exact) mass is 569 g/mol. The van der Waals surface area contributed by atoms with E-state index >= 15 is 0 Å². The Hall–Kier alpha value is -4.25. The van der Waals surface area contributed by atoms with Crippen LogP contribution in [0.3, 0.4) is 0 Å². The first kappa shape index (κ1) is 27.3. The first-order valence-corrected chi connectivity index (χ1v) is 12.9. The van der Waals surface area contributed by atoms with E-state index in [1.165, 1.54) is 34.8 Å². The molecule has 12 heteroatoms. The van der Waals surface area contributed by atoms with E-state index in [1.54, 1.807) is 32.0 Å². The molecule has 9 nitrogen and oxygen atoms in total. The van der Waals surface area contributed by atoms with E-state index in [-0.39, 0.29) is 30.6 Å². The van der Waals surface area contributed by atoms with Crippen LogP contribution >= 0.6 is 11.6 Å². The van der Waals surface area contributed by atoms with Gasteiger partial charge in [0.15, 0.2) is 5.82 Å². The third kappa shape index (κ3) is 5.04. The van der Waals surface area contributed by atoms with Gasteiger partial charge in [-0.15, -0.1) is 0 Å². The van der Waals surface area contributed by atoms with Gasteiger partial charge in [-0.3, -0.25) is 9.69 Å². The summed E-state index contributed by atoms with van der Waals surface area (Å²) in [6, 6.07) is 8.13. The summed E-state index contributed by atoms with van der Waals surface area (Å²) in [5.41, 5.74) is 2.74. The summed E-state index contributed by atoms with van der Waals surface area (Å²) in [5, 5.41) is 14.3. The topological polar surface area (TPSA) is 101 Å². The van der Waals surface area contributed by atoms with Gasteiger partial charge in [-0.2, -0.15) is 5.10 Å². The van der Waals surface area contributed by atoms with Crippen molar-refractivity contribution >= 4 is 34.5 Å². The average Bonchev–Trinajstić information content (AvgIpc) is 3.34. The molecule has 208 valence electrons. The highest BCUT2D eigenvalue weighted by Gasteiger charge is 2.37. The van der Waals surface area contributed by atoms with Crippen molar-refractivity contribution in [2.75, 3.05) is 13.1 Å². The van der Waals surface area contributed by atoms with Crippen LogP contribution in [-0.4, -0.2) is 60.8 Å². The van der Waals surface area contributed by atoms with Crippen LogP contribution in [0.1, 0.15) is 36.7 Å². The van der Waals surface area contributed by atoms with Gasteiger partial charge in [-0.1, -0.05) is 23.7 Å². The third-order valence-corrected chi connectivity index (χ3v) is 7.46. The van der Waals surface area contributed by atoms with Crippen LogP contribution in [0.25, 0.3) is 16.6 Å². The highest BCUT2D eigenvalue weighted by molar-refractivity contribution is 6.31. The van der Waals surface area contributed by atoms with Crippen LogP contribution in [-0.2, 0) is 11.4 Å². The van der Waals surface area contributed by atoms with Crippen LogP contribution in [0.5, 0.6) is 5.75 Å². The van der Waals surface area contributed by atoms with E-state index in [0.717, 1.165) is 11.1 Å². The molecule has 2 aromatic carbocycles. The van der Waals surface area contributed by atoms with Gasteiger partial charge < -0.3 is 14.7 Å². The second-order valence-electron chi connectivity index (χ2n) is 9.64. The van der Waals surface area contributed by atoms with Gasteiger partial charge in [0.25, 0.3) is 0 Å². The number of rotatable bonds is 6. The Morgan fingerprint density at radius 3 is 2.70 bits per heavy atom. The zero-order valence-corrected chi connectivity index (χ0v) is 22.7. The van der Waals surface area contributed by atoms with E-state index in [4.69, 9.17) is 16.3 Å². The maximum absolute atomic E-state index is 14.5. The fraction of sp³-hybridized carbons (Fsp3) is 0.286. The molecule has 4 aromatic rings. The minimum Gasteiger partial charge on any atom is -0.487 e. The Labute approximate surface area is 233 Å². The van der Waals surface area contributed by atoms with Gasteiger partial charge in [-0.25, -0.2) is 23.2 Å². The van der Waals surface area contributed by atoms with Crippen LogP contribution in [0, 0.1) is 18.6 Å². The lowest BCUT2D eigenvalue weighted by Gasteiger charge is -2.41. The molecule has 3 heterocycles. The van der Waals surface area contributed by atoms with Crippen LogP contribution in [0.4, 0.5) is 13.6 Å². The van der Waals surface area contributed by atoms with E-state index < -0.39 is 29.8 Å². The van der Waals surface area contributed by atoms with Gasteiger partial charge in [-0.05, 0) is 50.6 Å². The van der Waals surface area contributed by atoms with Crippen LogP contribution in [0.15, 0.2) is 48.8 Å². The predicted octanol–water partition coefficient (Wildman–Crippen LogP) is 5.51. The maximum Gasteiger partial charge on any atom is 0.408 e. The Bertz CT molecular complexity index is 1630. The molecule has 2 aromatic heterocycles. The summed E-state index contributed by atoms with van der Waals surface area (Å²) < 4.78 is 35.8. The van der Waals surface area contributed by atoms with Crippen molar-refractivity contribution in [1.82, 2.24) is 24.6 Å². The fourth-order valence-electron chi connectivity index (χ4n) is 5.07. The zero-order chi connectivity index (χ0) is 28.7. The van der Waals surface area contributed by atoms with E-state index in [2.05, 4.69) is 10.1 Å². The van der Waals surface area contributed by atoms with Crippen molar-refractivity contribution in [1.29, 1.82) is 0 Å². The number of para-hydroxylation sites is 1. The molecule has 1 N–H and O–H groups in total. The van der Waals surface area contributed by atoms with Gasteiger partial charge in [0.1, 0.15) is 29.7 Å². The predicted molar refractivity (Wildman–Crippen MR) is 144 cm³/mol. The number of ether oxygens (including phenoxy) is 1. The number of nitrogens with zero attached hydrogens (tertiary/aromatic N) is 5. The van der Waals surface area contributed by atoms with Gasteiger partial charge in [0.05, 0.1) is 29.1 Å². The largest absolute Gasteiger partial charge is 0.487 e. The normalized spacial score (nSPS) is 16.4. The van der Waals surface area contributed by atoms with Crippen molar-refractivity contribution in [3.63, 3.8) is 0 Å². The second-order valence-corrected chi connectivity index (χ2v) is 10.0. The lowest BCUT2D eigenvalue weighted by molar-refractivity contribution is -0.142. The number of benzene rings is 2. The summed E-state index contributed by atoms with van der Waals surface area (Å²) in [4.78, 5) is 31.8. The molecule has 1 saturated heterocycles. The first-order valence-electron chi connectivity index (χ1n) is 12.6. The minimum absolute atomic E-state index is 0.0575. The second kappa shape index (κ2) is 10.7. The number of hydrogen-bond donors (Lipinski definition) is 1. The molecule has 0 radical (unpaired) electrons. The molecule has 1 fully saturated rings. The number of amides is 2. The Balaban J connectivity index is 1.48. The van der Waals surface area contributed by atoms with Crippen molar-refractivity contribution < 1.29 is 28.2 Å². The lowest BCUT2D eigenvalue weighted by Crippen LogP contribution is -2.57. The fourth-order valence-corrected chi connectivity index (χ4v) is 5.34. The molecule has 0 bridgehead atoms. The number of fused-ring (bicyclic) bond motifs is 1. The number of piperazine rings is 1. The van der Waals surface area contributed by atoms with Gasteiger partial charge in [0.2, 0.25) is 5.91 Å². The summed E-state index contributed by atoms with van der Waals surface area (Å²) in [5.74, 6) is -1.00. The van der Waals surface area contributed by atoms with Crippen LogP contribution < -0.4 is 4.74 Å². The van der Waals surface area contributed by atoms with E-state index in [0.29, 0.717) is 39.2 Å². The number of pyridine rings is 1. The zero-order valence-electron chi connectivity index (χ0n) is 21.9. The number of carbonyl (C=O) groups excluding carboxylic acids is 1. The number of aryl methyl sites for hydroxylation is 1. The standard InChI is InChI=1S/C28H26ClF2N5O4/c1-15-9-24(36-13-19(31)12-32-36)20-5-4-6-25(26(20)33-15)40-14-22-21(10-18(30)11-23(22)29)16(2)34-7-8-35(28(38)39)17(3)27(34)37/h4-6,9-13,16-17H,7-8,14H2,1-3H3,(H,38,39)/t16-,17-/m0/s1. The Morgan fingerprint density at radius 1 is 1.23 bits per heavy atom. The molecular weight excluding hydrogens is 544 g/mol. The number of hydrogen-bond acceptors (Lipinski definition) is 5. The number of carbonyl (C=O) groups is 2. The molecule has 0 spiro atoms. The van der Waals surface area contributed by atoms with E-state index in [1.807, 2.05) is 6.07 Å². The van der Waals surface area contributed by atoms with Crippen LogP contribution in [0.2, 0.25) is 5.02 Å².